The predicted molar refractivity (Wildman–Crippen MR) is 59.1 cm³/mol. The zero-order valence-electron chi connectivity index (χ0n) is 9.05. The fraction of sp³-hybridized carbons (Fsp3) is 0.100. The van der Waals surface area contributed by atoms with E-state index in [0.29, 0.717) is 0 Å². The number of nitrogens with two attached hydrogens (primary N) is 1. The van der Waals surface area contributed by atoms with Crippen LogP contribution in [-0.4, -0.2) is 18.2 Å². The molecule has 1 aromatic carbocycles. The number of nitrogens with zero attached hydrogens (tertiary/aromatic N) is 2. The zero-order chi connectivity index (χ0) is 13.3. The van der Waals surface area contributed by atoms with Crippen LogP contribution in [0.3, 0.4) is 0 Å². The summed E-state index contributed by atoms with van der Waals surface area (Å²) in [7, 11) is -3.83. The SMILES string of the molecule is NS(=O)(=O)c1cnn(Cc2ccc(F)cc2F)c1. The first kappa shape index (κ1) is 12.7. The Hall–Kier alpha value is -1.80. The molecule has 0 saturated carbocycles. The van der Waals surface area contributed by atoms with Crippen LogP contribution in [0.1, 0.15) is 5.56 Å². The third-order valence-electron chi connectivity index (χ3n) is 2.29. The van der Waals surface area contributed by atoms with E-state index in [-0.39, 0.29) is 17.0 Å². The van der Waals surface area contributed by atoms with Crippen LogP contribution in [0.2, 0.25) is 0 Å². The lowest BCUT2D eigenvalue weighted by atomic mass is 10.2. The molecule has 8 heteroatoms. The first-order chi connectivity index (χ1) is 8.36. The molecule has 2 rings (SSSR count). The topological polar surface area (TPSA) is 78.0 Å². The highest BCUT2D eigenvalue weighted by molar-refractivity contribution is 7.89. The van der Waals surface area contributed by atoms with Crippen molar-refractivity contribution in [3.63, 3.8) is 0 Å². The Morgan fingerprint density at radius 3 is 2.61 bits per heavy atom. The standard InChI is InChI=1S/C10H9F2N3O2S/c11-8-2-1-7(10(12)3-8)5-15-6-9(4-14-15)18(13,16)17/h1-4,6H,5H2,(H2,13,16,17). The fourth-order valence-corrected chi connectivity index (χ4v) is 1.87. The van der Waals surface area contributed by atoms with E-state index in [1.54, 1.807) is 0 Å². The molecule has 0 radical (unpaired) electrons. The Morgan fingerprint density at radius 1 is 1.33 bits per heavy atom. The largest absolute Gasteiger partial charge is 0.267 e. The van der Waals surface area contributed by atoms with E-state index in [1.165, 1.54) is 16.9 Å². The summed E-state index contributed by atoms with van der Waals surface area (Å²) in [6, 6.07) is 3.13. The van der Waals surface area contributed by atoms with Gasteiger partial charge in [0.25, 0.3) is 0 Å². The molecule has 0 saturated heterocycles. The molecule has 0 aliphatic heterocycles. The van der Waals surface area contributed by atoms with E-state index in [9.17, 15) is 17.2 Å². The molecule has 0 fully saturated rings. The average Bonchev–Trinajstić information content (AvgIpc) is 2.70. The van der Waals surface area contributed by atoms with Crippen molar-refractivity contribution in [3.05, 3.63) is 47.8 Å². The number of aromatic nitrogens is 2. The third-order valence-corrected chi connectivity index (χ3v) is 3.15. The van der Waals surface area contributed by atoms with Crippen molar-refractivity contribution in [2.75, 3.05) is 0 Å². The molecule has 0 aliphatic rings. The molecule has 2 N–H and O–H groups in total. The van der Waals surface area contributed by atoms with E-state index in [2.05, 4.69) is 5.10 Å². The summed E-state index contributed by atoms with van der Waals surface area (Å²) in [5, 5.41) is 8.65. The van der Waals surface area contributed by atoms with Crippen LogP contribution in [0.25, 0.3) is 0 Å². The molecule has 1 aromatic heterocycles. The van der Waals surface area contributed by atoms with Gasteiger partial charge < -0.3 is 0 Å². The van der Waals surface area contributed by atoms with Gasteiger partial charge in [0.2, 0.25) is 10.0 Å². The van der Waals surface area contributed by atoms with E-state index in [1.807, 2.05) is 0 Å². The highest BCUT2D eigenvalue weighted by Gasteiger charge is 2.11. The molecule has 2 aromatic rings. The number of primary sulfonamides is 1. The lowest BCUT2D eigenvalue weighted by molar-refractivity contribution is 0.558. The van der Waals surface area contributed by atoms with Crippen LogP contribution in [-0.2, 0) is 16.6 Å². The van der Waals surface area contributed by atoms with Crippen LogP contribution in [0.4, 0.5) is 8.78 Å². The maximum Gasteiger partial charge on any atom is 0.241 e. The Balaban J connectivity index is 2.27. The van der Waals surface area contributed by atoms with Crippen molar-refractivity contribution in [1.82, 2.24) is 9.78 Å². The molecule has 0 amide bonds. The number of rotatable bonds is 3. The summed E-state index contributed by atoms with van der Waals surface area (Å²) < 4.78 is 49.3. The van der Waals surface area contributed by atoms with Gasteiger partial charge in [0, 0.05) is 17.8 Å². The summed E-state index contributed by atoms with van der Waals surface area (Å²) in [5.74, 6) is -1.40. The monoisotopic (exact) mass is 273 g/mol. The zero-order valence-corrected chi connectivity index (χ0v) is 9.86. The van der Waals surface area contributed by atoms with Crippen molar-refractivity contribution in [3.8, 4) is 0 Å². The van der Waals surface area contributed by atoms with E-state index >= 15 is 0 Å². The molecule has 0 aliphatic carbocycles. The van der Waals surface area contributed by atoms with Crippen molar-refractivity contribution >= 4 is 10.0 Å². The number of benzene rings is 1. The van der Waals surface area contributed by atoms with Gasteiger partial charge in [0.15, 0.2) is 0 Å². The molecular weight excluding hydrogens is 264 g/mol. The van der Waals surface area contributed by atoms with Crippen molar-refractivity contribution in [2.24, 2.45) is 5.14 Å². The van der Waals surface area contributed by atoms with Crippen molar-refractivity contribution in [2.45, 2.75) is 11.4 Å². The molecule has 0 unspecified atom stereocenters. The summed E-state index contributed by atoms with van der Waals surface area (Å²) >= 11 is 0. The summed E-state index contributed by atoms with van der Waals surface area (Å²) in [6.07, 6.45) is 2.24. The van der Waals surface area contributed by atoms with Gasteiger partial charge in [0.05, 0.1) is 12.7 Å². The Labute approximate surface area is 102 Å². The third kappa shape index (κ3) is 2.71. The number of hydrogen-bond donors (Lipinski definition) is 1. The average molecular weight is 273 g/mol. The van der Waals surface area contributed by atoms with Crippen LogP contribution >= 0.6 is 0 Å². The first-order valence-corrected chi connectivity index (χ1v) is 6.40. The molecule has 0 spiro atoms. The van der Waals surface area contributed by atoms with Crippen molar-refractivity contribution in [1.29, 1.82) is 0 Å². The highest BCUT2D eigenvalue weighted by atomic mass is 32.2. The van der Waals surface area contributed by atoms with Gasteiger partial charge in [-0.2, -0.15) is 5.10 Å². The summed E-state index contributed by atoms with van der Waals surface area (Å²) in [4.78, 5) is -0.162. The van der Waals surface area contributed by atoms with Gasteiger partial charge in [-0.15, -0.1) is 0 Å². The summed E-state index contributed by atoms with van der Waals surface area (Å²) in [5.41, 5.74) is 0.195. The van der Waals surface area contributed by atoms with Crippen molar-refractivity contribution < 1.29 is 17.2 Å². The van der Waals surface area contributed by atoms with Crippen LogP contribution in [0.15, 0.2) is 35.5 Å². The van der Waals surface area contributed by atoms with Gasteiger partial charge >= 0.3 is 0 Å². The molecule has 0 bridgehead atoms. The summed E-state index contributed by atoms with van der Waals surface area (Å²) in [6.45, 7) is -0.0123. The number of hydrogen-bond acceptors (Lipinski definition) is 3. The lowest BCUT2D eigenvalue weighted by Gasteiger charge is -2.03. The quantitative estimate of drug-likeness (QED) is 0.900. The van der Waals surface area contributed by atoms with Gasteiger partial charge in [-0.3, -0.25) is 4.68 Å². The van der Waals surface area contributed by atoms with Crippen LogP contribution in [0.5, 0.6) is 0 Å². The molecular formula is C10H9F2N3O2S. The number of sulfonamides is 1. The van der Waals surface area contributed by atoms with Crippen LogP contribution < -0.4 is 5.14 Å². The number of halogens is 2. The smallest absolute Gasteiger partial charge is 0.241 e. The van der Waals surface area contributed by atoms with E-state index in [4.69, 9.17) is 5.14 Å². The second-order valence-electron chi connectivity index (χ2n) is 3.65. The van der Waals surface area contributed by atoms with Gasteiger partial charge in [-0.1, -0.05) is 6.07 Å². The Morgan fingerprint density at radius 2 is 2.06 bits per heavy atom. The molecule has 96 valence electrons. The molecule has 1 heterocycles. The lowest BCUT2D eigenvalue weighted by Crippen LogP contribution is -2.11. The molecule has 0 atom stereocenters. The molecule has 18 heavy (non-hydrogen) atoms. The first-order valence-electron chi connectivity index (χ1n) is 4.85. The van der Waals surface area contributed by atoms with Gasteiger partial charge in [-0.05, 0) is 6.07 Å². The minimum atomic E-state index is -3.83. The maximum absolute atomic E-state index is 13.4. The molecule has 5 nitrogen and oxygen atoms in total. The Bertz CT molecular complexity index is 682. The maximum atomic E-state index is 13.4. The Kier molecular flexibility index (Phi) is 3.14. The second-order valence-corrected chi connectivity index (χ2v) is 5.22. The second kappa shape index (κ2) is 4.46. The van der Waals surface area contributed by atoms with Crippen LogP contribution in [0, 0.1) is 11.6 Å². The van der Waals surface area contributed by atoms with E-state index in [0.717, 1.165) is 18.3 Å². The predicted octanol–water partition coefficient (Wildman–Crippen LogP) is 0.857. The van der Waals surface area contributed by atoms with E-state index < -0.39 is 21.7 Å². The van der Waals surface area contributed by atoms with Gasteiger partial charge in [0.1, 0.15) is 16.5 Å². The normalized spacial score (nSPS) is 11.7. The fourth-order valence-electron chi connectivity index (χ4n) is 1.40. The minimum absolute atomic E-state index is 0.0123. The highest BCUT2D eigenvalue weighted by Crippen LogP contribution is 2.12. The van der Waals surface area contributed by atoms with Gasteiger partial charge in [-0.25, -0.2) is 22.3 Å². The minimum Gasteiger partial charge on any atom is -0.267 e.